The van der Waals surface area contributed by atoms with Gasteiger partial charge in [0.25, 0.3) is 0 Å². The fourth-order valence-corrected chi connectivity index (χ4v) is 2.23. The molecule has 0 amide bonds. The Balaban J connectivity index is 2.27. The van der Waals surface area contributed by atoms with Gasteiger partial charge in [0.1, 0.15) is 11.6 Å². The predicted molar refractivity (Wildman–Crippen MR) is 74.7 cm³/mol. The molecule has 2 rings (SSSR count). The van der Waals surface area contributed by atoms with Gasteiger partial charge >= 0.3 is 0 Å². The molecule has 0 spiro atoms. The molecule has 1 aromatic heterocycles. The van der Waals surface area contributed by atoms with E-state index in [4.69, 9.17) is 4.42 Å². The zero-order chi connectivity index (χ0) is 13.8. The van der Waals surface area contributed by atoms with E-state index in [0.29, 0.717) is 18.8 Å². The molecule has 0 saturated carbocycles. The largest absolute Gasteiger partial charge is 0.469 e. The molecule has 0 unspecified atom stereocenters. The summed E-state index contributed by atoms with van der Waals surface area (Å²) in [5.41, 5.74) is 2.66. The third-order valence-corrected chi connectivity index (χ3v) is 3.19. The van der Waals surface area contributed by atoms with Gasteiger partial charge in [-0.1, -0.05) is 12.1 Å². The first kappa shape index (κ1) is 13.6. The van der Waals surface area contributed by atoms with Gasteiger partial charge in [-0.05, 0) is 31.7 Å². The second-order valence-corrected chi connectivity index (χ2v) is 4.64. The van der Waals surface area contributed by atoms with Crippen molar-refractivity contribution >= 4 is 5.69 Å². The number of rotatable bonds is 5. The van der Waals surface area contributed by atoms with Crippen molar-refractivity contribution in [2.75, 3.05) is 19.0 Å². The van der Waals surface area contributed by atoms with E-state index in [1.54, 1.807) is 12.3 Å². The first-order chi connectivity index (χ1) is 9.13. The molecule has 102 valence electrons. The quantitative estimate of drug-likeness (QED) is 0.897. The number of benzene rings is 1. The maximum atomic E-state index is 14.1. The van der Waals surface area contributed by atoms with Crippen LogP contribution in [0.25, 0.3) is 0 Å². The minimum absolute atomic E-state index is 0.198. The second-order valence-electron chi connectivity index (χ2n) is 4.64. The number of anilines is 1. The Morgan fingerprint density at radius 3 is 2.68 bits per heavy atom. The van der Waals surface area contributed by atoms with Crippen LogP contribution in [0.4, 0.5) is 10.1 Å². The maximum Gasteiger partial charge on any atom is 0.146 e. The highest BCUT2D eigenvalue weighted by Crippen LogP contribution is 2.25. The molecule has 0 aliphatic heterocycles. The van der Waals surface area contributed by atoms with Crippen LogP contribution in [0.15, 0.2) is 34.9 Å². The van der Waals surface area contributed by atoms with Crippen molar-refractivity contribution in [1.82, 2.24) is 5.32 Å². The van der Waals surface area contributed by atoms with Gasteiger partial charge in [0.2, 0.25) is 0 Å². The van der Waals surface area contributed by atoms with Gasteiger partial charge in [0.05, 0.1) is 12.0 Å². The molecular formula is C15H19FN2O. The summed E-state index contributed by atoms with van der Waals surface area (Å²) in [6.45, 7) is 3.18. The van der Waals surface area contributed by atoms with Gasteiger partial charge in [-0.2, -0.15) is 0 Å². The van der Waals surface area contributed by atoms with Crippen molar-refractivity contribution in [1.29, 1.82) is 0 Å². The van der Waals surface area contributed by atoms with E-state index < -0.39 is 0 Å². The third-order valence-electron chi connectivity index (χ3n) is 3.19. The lowest BCUT2D eigenvalue weighted by Crippen LogP contribution is -2.21. The first-order valence-corrected chi connectivity index (χ1v) is 6.29. The summed E-state index contributed by atoms with van der Waals surface area (Å²) in [7, 11) is 3.75. The lowest BCUT2D eigenvalue weighted by Gasteiger charge is -2.23. The summed E-state index contributed by atoms with van der Waals surface area (Å²) in [6, 6.07) is 7.09. The van der Waals surface area contributed by atoms with E-state index in [9.17, 15) is 4.39 Å². The van der Waals surface area contributed by atoms with Crippen molar-refractivity contribution in [2.24, 2.45) is 0 Å². The number of halogens is 1. The highest BCUT2D eigenvalue weighted by atomic mass is 19.1. The van der Waals surface area contributed by atoms with Crippen LogP contribution in [-0.4, -0.2) is 14.1 Å². The van der Waals surface area contributed by atoms with Crippen LogP contribution in [0.5, 0.6) is 0 Å². The number of hydrogen-bond acceptors (Lipinski definition) is 3. The van der Waals surface area contributed by atoms with Gasteiger partial charge in [0, 0.05) is 25.7 Å². The fourth-order valence-electron chi connectivity index (χ4n) is 2.23. The number of para-hydroxylation sites is 1. The topological polar surface area (TPSA) is 28.4 Å². The normalized spacial score (nSPS) is 10.7. The van der Waals surface area contributed by atoms with Crippen molar-refractivity contribution in [3.8, 4) is 0 Å². The minimum Gasteiger partial charge on any atom is -0.469 e. The molecule has 0 aliphatic rings. The summed E-state index contributed by atoms with van der Waals surface area (Å²) in [5.74, 6) is 0.676. The fraction of sp³-hybridized carbons (Fsp3) is 0.333. The molecule has 1 aromatic carbocycles. The van der Waals surface area contributed by atoms with Crippen LogP contribution in [0, 0.1) is 12.7 Å². The van der Waals surface area contributed by atoms with Gasteiger partial charge in [-0.3, -0.25) is 0 Å². The molecule has 0 atom stereocenters. The van der Waals surface area contributed by atoms with Crippen LogP contribution in [0.3, 0.4) is 0 Å². The average molecular weight is 262 g/mol. The minimum atomic E-state index is -0.198. The standard InChI is InChI=1S/C15H19FN2O/c1-11-13(7-8-19-11)10-18(3)15-12(9-17-2)5-4-6-14(15)16/h4-8,17H,9-10H2,1-3H3. The molecule has 2 aromatic rings. The Kier molecular flexibility index (Phi) is 4.22. The Morgan fingerprint density at radius 2 is 2.05 bits per heavy atom. The first-order valence-electron chi connectivity index (χ1n) is 6.29. The molecule has 3 nitrogen and oxygen atoms in total. The van der Waals surface area contributed by atoms with Crippen molar-refractivity contribution in [2.45, 2.75) is 20.0 Å². The Morgan fingerprint density at radius 1 is 1.26 bits per heavy atom. The summed E-state index contributed by atoms with van der Waals surface area (Å²) < 4.78 is 19.3. The predicted octanol–water partition coefficient (Wildman–Crippen LogP) is 3.08. The number of nitrogens with one attached hydrogen (secondary N) is 1. The van der Waals surface area contributed by atoms with Gasteiger partial charge in [0.15, 0.2) is 0 Å². The van der Waals surface area contributed by atoms with Crippen LogP contribution >= 0.6 is 0 Å². The smallest absolute Gasteiger partial charge is 0.146 e. The maximum absolute atomic E-state index is 14.1. The third kappa shape index (κ3) is 2.96. The second kappa shape index (κ2) is 5.89. The van der Waals surface area contributed by atoms with E-state index in [-0.39, 0.29) is 5.82 Å². The SMILES string of the molecule is CNCc1cccc(F)c1N(C)Cc1ccoc1C. The number of aryl methyl sites for hydroxylation is 1. The molecule has 0 radical (unpaired) electrons. The molecule has 1 N–H and O–H groups in total. The van der Waals surface area contributed by atoms with Gasteiger partial charge < -0.3 is 14.6 Å². The molecule has 1 heterocycles. The van der Waals surface area contributed by atoms with Gasteiger partial charge in [-0.25, -0.2) is 4.39 Å². The van der Waals surface area contributed by atoms with E-state index in [1.165, 1.54) is 6.07 Å². The van der Waals surface area contributed by atoms with Crippen LogP contribution in [0.1, 0.15) is 16.9 Å². The van der Waals surface area contributed by atoms with E-state index in [1.807, 2.05) is 38.1 Å². The van der Waals surface area contributed by atoms with E-state index in [0.717, 1.165) is 16.9 Å². The Hall–Kier alpha value is -1.81. The highest BCUT2D eigenvalue weighted by Gasteiger charge is 2.14. The molecule has 0 aliphatic carbocycles. The number of hydrogen-bond donors (Lipinski definition) is 1. The summed E-state index contributed by atoms with van der Waals surface area (Å²) >= 11 is 0. The lowest BCUT2D eigenvalue weighted by atomic mass is 10.1. The Bertz CT molecular complexity index is 551. The lowest BCUT2D eigenvalue weighted by molar-refractivity contribution is 0.529. The summed E-state index contributed by atoms with van der Waals surface area (Å²) in [6.07, 6.45) is 1.66. The number of furan rings is 1. The molecule has 19 heavy (non-hydrogen) atoms. The van der Waals surface area contributed by atoms with Crippen molar-refractivity contribution in [3.63, 3.8) is 0 Å². The molecule has 0 bridgehead atoms. The van der Waals surface area contributed by atoms with Crippen molar-refractivity contribution in [3.05, 3.63) is 53.2 Å². The van der Waals surface area contributed by atoms with Crippen molar-refractivity contribution < 1.29 is 8.81 Å². The summed E-state index contributed by atoms with van der Waals surface area (Å²) in [5, 5.41) is 3.06. The highest BCUT2D eigenvalue weighted by molar-refractivity contribution is 5.54. The van der Waals surface area contributed by atoms with Crippen LogP contribution < -0.4 is 10.2 Å². The zero-order valence-electron chi connectivity index (χ0n) is 11.5. The Labute approximate surface area is 113 Å². The van der Waals surface area contributed by atoms with Crippen LogP contribution in [0.2, 0.25) is 0 Å². The molecule has 4 heteroatoms. The molecular weight excluding hydrogens is 243 g/mol. The van der Waals surface area contributed by atoms with Gasteiger partial charge in [-0.15, -0.1) is 0 Å². The van der Waals surface area contributed by atoms with E-state index in [2.05, 4.69) is 5.32 Å². The average Bonchev–Trinajstić information content (AvgIpc) is 2.75. The van der Waals surface area contributed by atoms with E-state index >= 15 is 0 Å². The monoisotopic (exact) mass is 262 g/mol. The summed E-state index contributed by atoms with van der Waals surface area (Å²) in [4.78, 5) is 1.92. The number of nitrogens with zero attached hydrogens (tertiary/aromatic N) is 1. The molecule has 0 fully saturated rings. The van der Waals surface area contributed by atoms with Crippen LogP contribution in [-0.2, 0) is 13.1 Å². The zero-order valence-corrected chi connectivity index (χ0v) is 11.5. The molecule has 0 saturated heterocycles.